The molecule has 1 amide bonds. The zero-order chi connectivity index (χ0) is 25.1. The molecule has 0 aromatic heterocycles. The molecule has 35 heavy (non-hydrogen) atoms. The second-order valence-electron chi connectivity index (χ2n) is 9.04. The van der Waals surface area contributed by atoms with Gasteiger partial charge in [0.05, 0.1) is 0 Å². The highest BCUT2D eigenvalue weighted by Crippen LogP contribution is 2.32. The average Bonchev–Trinajstić information content (AvgIpc) is 2.89. The van der Waals surface area contributed by atoms with E-state index in [4.69, 9.17) is 0 Å². The molecule has 0 saturated carbocycles. The molecular formula is C27H28F2N2O3S. The standard InChI is InChI=1S/C27H28F2N2O3S/c1-27(21-8-4-2-5-9-21,22-10-6-3-7-11-22)19-30-26(32)20-14-16-31(17-15-20)35(33,34)25-18-23(28)12-13-24(25)29/h2-13,18,20H,14-17,19H2,1H3,(H,30,32). The molecule has 184 valence electrons. The van der Waals surface area contributed by atoms with Crippen molar-refractivity contribution in [2.75, 3.05) is 19.6 Å². The molecule has 1 N–H and O–H groups in total. The lowest BCUT2D eigenvalue weighted by Gasteiger charge is -2.34. The van der Waals surface area contributed by atoms with Crippen molar-refractivity contribution in [3.05, 3.63) is 102 Å². The summed E-state index contributed by atoms with van der Waals surface area (Å²) in [5.74, 6) is -2.32. The van der Waals surface area contributed by atoms with Gasteiger partial charge < -0.3 is 5.32 Å². The van der Waals surface area contributed by atoms with E-state index in [1.165, 1.54) is 0 Å². The molecule has 3 aromatic carbocycles. The topological polar surface area (TPSA) is 66.5 Å². The van der Waals surface area contributed by atoms with E-state index in [2.05, 4.69) is 12.2 Å². The van der Waals surface area contributed by atoms with E-state index in [9.17, 15) is 22.0 Å². The smallest absolute Gasteiger partial charge is 0.246 e. The third-order valence-electron chi connectivity index (χ3n) is 6.77. The number of nitrogens with one attached hydrogen (secondary N) is 1. The zero-order valence-corrected chi connectivity index (χ0v) is 20.3. The number of hydrogen-bond acceptors (Lipinski definition) is 3. The molecule has 1 fully saturated rings. The van der Waals surface area contributed by atoms with Crippen molar-refractivity contribution in [2.45, 2.75) is 30.1 Å². The lowest BCUT2D eigenvalue weighted by atomic mass is 9.76. The van der Waals surface area contributed by atoms with E-state index in [0.717, 1.165) is 27.6 Å². The van der Waals surface area contributed by atoms with E-state index >= 15 is 0 Å². The second kappa shape index (κ2) is 10.3. The van der Waals surface area contributed by atoms with Crippen LogP contribution in [0.3, 0.4) is 0 Å². The van der Waals surface area contributed by atoms with Crippen LogP contribution in [0, 0.1) is 17.6 Å². The predicted octanol–water partition coefficient (Wildman–Crippen LogP) is 4.49. The summed E-state index contributed by atoms with van der Waals surface area (Å²) in [7, 11) is -4.19. The molecule has 1 aliphatic rings. The highest BCUT2D eigenvalue weighted by atomic mass is 32.2. The fourth-order valence-electron chi connectivity index (χ4n) is 4.56. The van der Waals surface area contributed by atoms with Gasteiger partial charge in [0.25, 0.3) is 0 Å². The van der Waals surface area contributed by atoms with Gasteiger partial charge in [0.1, 0.15) is 16.5 Å². The maximum Gasteiger partial charge on any atom is 0.246 e. The number of piperidine rings is 1. The summed E-state index contributed by atoms with van der Waals surface area (Å²) in [4.78, 5) is 12.4. The van der Waals surface area contributed by atoms with Gasteiger partial charge in [-0.3, -0.25) is 4.79 Å². The Morgan fingerprint density at radius 1 is 0.943 bits per heavy atom. The molecule has 0 aliphatic carbocycles. The highest BCUT2D eigenvalue weighted by Gasteiger charge is 2.35. The van der Waals surface area contributed by atoms with Crippen LogP contribution in [0.4, 0.5) is 8.78 Å². The van der Waals surface area contributed by atoms with Gasteiger partial charge in [0, 0.05) is 31.0 Å². The monoisotopic (exact) mass is 498 g/mol. The molecular weight excluding hydrogens is 470 g/mol. The van der Waals surface area contributed by atoms with Gasteiger partial charge in [-0.05, 0) is 49.1 Å². The van der Waals surface area contributed by atoms with E-state index in [0.29, 0.717) is 25.5 Å². The molecule has 3 aromatic rings. The minimum atomic E-state index is -4.19. The Hall–Kier alpha value is -3.10. The highest BCUT2D eigenvalue weighted by molar-refractivity contribution is 7.89. The molecule has 1 saturated heterocycles. The van der Waals surface area contributed by atoms with Crippen LogP contribution >= 0.6 is 0 Å². The molecule has 1 heterocycles. The zero-order valence-electron chi connectivity index (χ0n) is 19.5. The van der Waals surface area contributed by atoms with E-state index in [1.54, 1.807) is 0 Å². The summed E-state index contributed by atoms with van der Waals surface area (Å²) in [5.41, 5.74) is 1.70. The number of nitrogens with zero attached hydrogens (tertiary/aromatic N) is 1. The number of sulfonamides is 1. The normalized spacial score (nSPS) is 15.6. The van der Waals surface area contributed by atoms with Crippen LogP contribution in [0.25, 0.3) is 0 Å². The van der Waals surface area contributed by atoms with E-state index < -0.39 is 32.0 Å². The Morgan fingerprint density at radius 2 is 1.49 bits per heavy atom. The lowest BCUT2D eigenvalue weighted by Crippen LogP contribution is -2.46. The number of rotatable bonds is 7. The maximum atomic E-state index is 14.1. The summed E-state index contributed by atoms with van der Waals surface area (Å²) in [6.07, 6.45) is 0.602. The Labute approximate surface area is 204 Å². The first kappa shape index (κ1) is 25.0. The minimum Gasteiger partial charge on any atom is -0.355 e. The summed E-state index contributed by atoms with van der Waals surface area (Å²) in [5, 5.41) is 3.08. The quantitative estimate of drug-likeness (QED) is 0.522. The Bertz CT molecular complexity index is 1240. The molecule has 0 atom stereocenters. The molecule has 5 nitrogen and oxygen atoms in total. The van der Waals surface area contributed by atoms with Gasteiger partial charge in [0.15, 0.2) is 0 Å². The predicted molar refractivity (Wildman–Crippen MR) is 130 cm³/mol. The molecule has 8 heteroatoms. The van der Waals surface area contributed by atoms with Crippen molar-refractivity contribution < 1.29 is 22.0 Å². The van der Waals surface area contributed by atoms with Gasteiger partial charge >= 0.3 is 0 Å². The first-order chi connectivity index (χ1) is 16.7. The van der Waals surface area contributed by atoms with Crippen LogP contribution in [0.1, 0.15) is 30.9 Å². The van der Waals surface area contributed by atoms with Crippen molar-refractivity contribution in [1.82, 2.24) is 9.62 Å². The largest absolute Gasteiger partial charge is 0.355 e. The third-order valence-corrected chi connectivity index (χ3v) is 8.69. The number of hydrogen-bond donors (Lipinski definition) is 1. The second-order valence-corrected chi connectivity index (χ2v) is 10.9. The Kier molecular flexibility index (Phi) is 7.33. The molecule has 0 spiro atoms. The van der Waals surface area contributed by atoms with Gasteiger partial charge in [-0.2, -0.15) is 4.31 Å². The molecule has 1 aliphatic heterocycles. The van der Waals surface area contributed by atoms with Gasteiger partial charge in [-0.1, -0.05) is 60.7 Å². The van der Waals surface area contributed by atoms with Crippen molar-refractivity contribution in [3.63, 3.8) is 0 Å². The average molecular weight is 499 g/mol. The maximum absolute atomic E-state index is 14.1. The summed E-state index contributed by atoms with van der Waals surface area (Å²) >= 11 is 0. The molecule has 0 radical (unpaired) electrons. The third kappa shape index (κ3) is 5.28. The first-order valence-corrected chi connectivity index (χ1v) is 13.0. The van der Waals surface area contributed by atoms with Gasteiger partial charge in [-0.15, -0.1) is 0 Å². The van der Waals surface area contributed by atoms with E-state index in [1.807, 2.05) is 60.7 Å². The van der Waals surface area contributed by atoms with Crippen LogP contribution in [0.5, 0.6) is 0 Å². The fraction of sp³-hybridized carbons (Fsp3) is 0.296. The van der Waals surface area contributed by atoms with Crippen LogP contribution in [0.2, 0.25) is 0 Å². The Morgan fingerprint density at radius 3 is 2.03 bits per heavy atom. The minimum absolute atomic E-state index is 0.0605. The lowest BCUT2D eigenvalue weighted by molar-refractivity contribution is -0.126. The summed E-state index contributed by atoms with van der Waals surface area (Å²) in [6.45, 7) is 2.59. The van der Waals surface area contributed by atoms with Gasteiger partial charge in [-0.25, -0.2) is 17.2 Å². The molecule has 4 rings (SSSR count). The van der Waals surface area contributed by atoms with Crippen molar-refractivity contribution in [3.8, 4) is 0 Å². The van der Waals surface area contributed by atoms with E-state index in [-0.39, 0.29) is 24.9 Å². The van der Waals surface area contributed by atoms with Crippen LogP contribution in [0.15, 0.2) is 83.8 Å². The fourth-order valence-corrected chi connectivity index (χ4v) is 6.11. The SMILES string of the molecule is CC(CNC(=O)C1CCN(S(=O)(=O)c2cc(F)ccc2F)CC1)(c1ccccc1)c1ccccc1. The van der Waals surface area contributed by atoms with Crippen molar-refractivity contribution >= 4 is 15.9 Å². The number of benzene rings is 3. The van der Waals surface area contributed by atoms with Crippen LogP contribution in [-0.2, 0) is 20.2 Å². The summed E-state index contributed by atoms with van der Waals surface area (Å²) < 4.78 is 54.4. The molecule has 0 bridgehead atoms. The first-order valence-electron chi connectivity index (χ1n) is 11.6. The summed E-state index contributed by atoms with van der Waals surface area (Å²) in [6, 6.07) is 22.3. The number of halogens is 2. The molecule has 0 unspecified atom stereocenters. The van der Waals surface area contributed by atoms with Gasteiger partial charge in [0.2, 0.25) is 15.9 Å². The number of amides is 1. The number of carbonyl (C=O) groups excluding carboxylic acids is 1. The van der Waals surface area contributed by atoms with Crippen LogP contribution < -0.4 is 5.32 Å². The van der Waals surface area contributed by atoms with Crippen molar-refractivity contribution in [2.24, 2.45) is 5.92 Å². The number of carbonyl (C=O) groups is 1. The van der Waals surface area contributed by atoms with Crippen LogP contribution in [-0.4, -0.2) is 38.3 Å². The Balaban J connectivity index is 1.43. The van der Waals surface area contributed by atoms with Crippen molar-refractivity contribution in [1.29, 1.82) is 0 Å².